The van der Waals surface area contributed by atoms with E-state index >= 15 is 0 Å². The van der Waals surface area contributed by atoms with Crippen molar-refractivity contribution in [2.75, 3.05) is 19.6 Å². The minimum absolute atomic E-state index is 0.0794. The van der Waals surface area contributed by atoms with E-state index in [0.29, 0.717) is 6.29 Å². The fourth-order valence-corrected chi connectivity index (χ4v) is 1.42. The molecule has 0 saturated carbocycles. The van der Waals surface area contributed by atoms with Gasteiger partial charge in [-0.05, 0) is 25.7 Å². The fourth-order valence-electron chi connectivity index (χ4n) is 1.42. The van der Waals surface area contributed by atoms with E-state index in [0.717, 1.165) is 18.2 Å². The van der Waals surface area contributed by atoms with Gasteiger partial charge >= 0.3 is 0 Å². The number of phenolic OH excluding ortho intramolecular Hbond substituents is 1. The van der Waals surface area contributed by atoms with Gasteiger partial charge in [0, 0.05) is 12.1 Å². The second-order valence-corrected chi connectivity index (χ2v) is 3.74. The second-order valence-electron chi connectivity index (χ2n) is 3.74. The van der Waals surface area contributed by atoms with E-state index in [4.69, 9.17) is 5.11 Å². The van der Waals surface area contributed by atoms with E-state index in [1.807, 2.05) is 0 Å². The van der Waals surface area contributed by atoms with E-state index in [-0.39, 0.29) is 17.0 Å². The van der Waals surface area contributed by atoms with Gasteiger partial charge in [0.25, 0.3) is 5.69 Å². The second kappa shape index (κ2) is 9.04. The topological polar surface area (TPSA) is 83.7 Å². The van der Waals surface area contributed by atoms with Crippen LogP contribution in [0.3, 0.4) is 0 Å². The molecule has 0 saturated heterocycles. The molecule has 0 spiro atoms. The molecular weight excluding hydrogens is 248 g/mol. The molecule has 0 aliphatic carbocycles. The van der Waals surface area contributed by atoms with Crippen molar-refractivity contribution in [2.24, 2.45) is 0 Å². The van der Waals surface area contributed by atoms with Crippen molar-refractivity contribution >= 4 is 12.0 Å². The standard InChI is InChI=1S/C7H5NO4.C6H15N/c9-4-5-3-6(8(11)12)1-2-7(5)10;1-4-7(5-2)6-3/h1-4,10H;4-6H2,1-3H3. The predicted molar refractivity (Wildman–Crippen MR) is 73.6 cm³/mol. The van der Waals surface area contributed by atoms with Gasteiger partial charge in [-0.25, -0.2) is 0 Å². The Balaban J connectivity index is 0.000000399. The maximum atomic E-state index is 10.2. The average molecular weight is 268 g/mol. The first-order valence-electron chi connectivity index (χ1n) is 6.14. The van der Waals surface area contributed by atoms with Gasteiger partial charge in [-0.15, -0.1) is 0 Å². The molecule has 106 valence electrons. The molecular formula is C13H20N2O4. The van der Waals surface area contributed by atoms with Crippen LogP contribution in [0, 0.1) is 10.1 Å². The number of aromatic hydroxyl groups is 1. The predicted octanol–water partition coefficient (Wildman–Crippen LogP) is 2.46. The highest BCUT2D eigenvalue weighted by atomic mass is 16.6. The number of rotatable bonds is 5. The first-order valence-corrected chi connectivity index (χ1v) is 6.14. The largest absolute Gasteiger partial charge is 0.507 e. The van der Waals surface area contributed by atoms with E-state index < -0.39 is 4.92 Å². The Morgan fingerprint density at radius 2 is 1.79 bits per heavy atom. The average Bonchev–Trinajstić information content (AvgIpc) is 2.41. The Labute approximate surface area is 112 Å². The zero-order valence-electron chi connectivity index (χ0n) is 11.5. The lowest BCUT2D eigenvalue weighted by Crippen LogP contribution is -2.21. The van der Waals surface area contributed by atoms with Gasteiger partial charge in [-0.3, -0.25) is 14.9 Å². The van der Waals surface area contributed by atoms with E-state index in [2.05, 4.69) is 25.7 Å². The molecule has 1 N–H and O–H groups in total. The summed E-state index contributed by atoms with van der Waals surface area (Å²) in [6.45, 7) is 10.1. The Morgan fingerprint density at radius 3 is 2.11 bits per heavy atom. The number of nitro benzene ring substituents is 1. The van der Waals surface area contributed by atoms with Crippen LogP contribution >= 0.6 is 0 Å². The molecule has 1 aromatic carbocycles. The van der Waals surface area contributed by atoms with Crippen molar-refractivity contribution in [1.29, 1.82) is 0 Å². The molecule has 1 aromatic rings. The molecule has 19 heavy (non-hydrogen) atoms. The maximum Gasteiger partial charge on any atom is 0.270 e. The molecule has 0 heterocycles. The van der Waals surface area contributed by atoms with Crippen LogP contribution in [0.5, 0.6) is 5.75 Å². The van der Waals surface area contributed by atoms with Crippen LogP contribution in [0.2, 0.25) is 0 Å². The summed E-state index contributed by atoms with van der Waals surface area (Å²) in [5.74, 6) is -0.254. The summed E-state index contributed by atoms with van der Waals surface area (Å²) in [5, 5.41) is 19.2. The van der Waals surface area contributed by atoms with Crippen molar-refractivity contribution in [2.45, 2.75) is 20.8 Å². The molecule has 0 atom stereocenters. The van der Waals surface area contributed by atoms with Crippen molar-refractivity contribution in [3.63, 3.8) is 0 Å². The highest BCUT2D eigenvalue weighted by Gasteiger charge is 2.08. The Kier molecular flexibility index (Phi) is 8.12. The van der Waals surface area contributed by atoms with Crippen LogP contribution in [-0.2, 0) is 0 Å². The molecule has 0 unspecified atom stereocenters. The van der Waals surface area contributed by atoms with Gasteiger partial charge < -0.3 is 10.0 Å². The van der Waals surface area contributed by atoms with E-state index in [1.54, 1.807) is 0 Å². The summed E-state index contributed by atoms with van der Waals surface area (Å²) in [4.78, 5) is 22.2. The van der Waals surface area contributed by atoms with Gasteiger partial charge in [-0.1, -0.05) is 20.8 Å². The normalized spacial score (nSPS) is 9.68. The summed E-state index contributed by atoms with van der Waals surface area (Å²) in [6, 6.07) is 3.26. The quantitative estimate of drug-likeness (QED) is 0.504. The summed E-state index contributed by atoms with van der Waals surface area (Å²) < 4.78 is 0. The molecule has 0 fully saturated rings. The van der Waals surface area contributed by atoms with E-state index in [1.165, 1.54) is 19.6 Å². The first kappa shape index (κ1) is 17.1. The van der Waals surface area contributed by atoms with Crippen LogP contribution in [-0.4, -0.2) is 40.9 Å². The summed E-state index contributed by atoms with van der Waals surface area (Å²) in [5.41, 5.74) is -0.292. The maximum absolute atomic E-state index is 10.2. The lowest BCUT2D eigenvalue weighted by molar-refractivity contribution is -0.384. The molecule has 0 aliphatic heterocycles. The zero-order chi connectivity index (χ0) is 14.8. The Bertz CT molecular complexity index is 412. The van der Waals surface area contributed by atoms with Crippen LogP contribution in [0.25, 0.3) is 0 Å². The lowest BCUT2D eigenvalue weighted by Gasteiger charge is -2.13. The number of benzene rings is 1. The number of nitrogens with zero attached hydrogens (tertiary/aromatic N) is 2. The minimum atomic E-state index is -0.633. The van der Waals surface area contributed by atoms with Gasteiger partial charge in [0.1, 0.15) is 5.75 Å². The molecule has 0 aromatic heterocycles. The number of hydrogen-bond acceptors (Lipinski definition) is 5. The molecule has 6 heteroatoms. The highest BCUT2D eigenvalue weighted by Crippen LogP contribution is 2.20. The molecule has 0 bridgehead atoms. The monoisotopic (exact) mass is 268 g/mol. The fraction of sp³-hybridized carbons (Fsp3) is 0.462. The molecule has 0 amide bonds. The summed E-state index contributed by atoms with van der Waals surface area (Å²) >= 11 is 0. The third kappa shape index (κ3) is 5.96. The van der Waals surface area contributed by atoms with Crippen molar-refractivity contribution in [3.05, 3.63) is 33.9 Å². The first-order chi connectivity index (χ1) is 8.99. The third-order valence-corrected chi connectivity index (χ3v) is 2.69. The van der Waals surface area contributed by atoms with Gasteiger partial charge in [-0.2, -0.15) is 0 Å². The van der Waals surface area contributed by atoms with Gasteiger partial charge in [0.05, 0.1) is 10.5 Å². The third-order valence-electron chi connectivity index (χ3n) is 2.69. The van der Waals surface area contributed by atoms with Crippen molar-refractivity contribution < 1.29 is 14.8 Å². The number of non-ortho nitro benzene ring substituents is 1. The highest BCUT2D eigenvalue weighted by molar-refractivity contribution is 5.80. The number of nitro groups is 1. The number of hydrogen-bond donors (Lipinski definition) is 1. The van der Waals surface area contributed by atoms with Crippen molar-refractivity contribution in [3.8, 4) is 5.75 Å². The molecule has 1 rings (SSSR count). The molecule has 6 nitrogen and oxygen atoms in total. The van der Waals surface area contributed by atoms with E-state index in [9.17, 15) is 14.9 Å². The molecule has 0 aliphatic rings. The lowest BCUT2D eigenvalue weighted by atomic mass is 10.2. The van der Waals surface area contributed by atoms with Gasteiger partial charge in [0.15, 0.2) is 6.29 Å². The Morgan fingerprint density at radius 1 is 1.26 bits per heavy atom. The minimum Gasteiger partial charge on any atom is -0.507 e. The number of carbonyl (C=O) groups excluding carboxylic acids is 1. The van der Waals surface area contributed by atoms with Crippen LogP contribution in [0.1, 0.15) is 31.1 Å². The van der Waals surface area contributed by atoms with Crippen LogP contribution < -0.4 is 0 Å². The smallest absolute Gasteiger partial charge is 0.270 e. The zero-order valence-corrected chi connectivity index (χ0v) is 11.5. The van der Waals surface area contributed by atoms with Gasteiger partial charge in [0.2, 0.25) is 0 Å². The van der Waals surface area contributed by atoms with Crippen molar-refractivity contribution in [1.82, 2.24) is 4.90 Å². The van der Waals surface area contributed by atoms with Crippen LogP contribution in [0.4, 0.5) is 5.69 Å². The summed E-state index contributed by atoms with van der Waals surface area (Å²) in [7, 11) is 0. The Hall–Kier alpha value is -1.95. The SMILES string of the molecule is CCN(CC)CC.O=Cc1cc([N+](=O)[O-])ccc1O. The number of phenols is 1. The number of aldehydes is 1. The summed E-state index contributed by atoms with van der Waals surface area (Å²) in [6.07, 6.45) is 0.363. The van der Waals surface area contributed by atoms with Crippen LogP contribution in [0.15, 0.2) is 18.2 Å². The molecule has 0 radical (unpaired) electrons. The number of carbonyl (C=O) groups is 1.